The minimum atomic E-state index is 0.862. The van der Waals surface area contributed by atoms with Gasteiger partial charge in [-0.15, -0.1) is 0 Å². The second-order valence-corrected chi connectivity index (χ2v) is 2.95. The van der Waals surface area contributed by atoms with Gasteiger partial charge in [0, 0.05) is 17.0 Å². The Bertz CT molecular complexity index is 519. The second kappa shape index (κ2) is 2.33. The van der Waals surface area contributed by atoms with Crippen molar-refractivity contribution in [1.82, 2.24) is 4.98 Å². The highest BCUT2D eigenvalue weighted by molar-refractivity contribution is 5.93. The molecule has 1 aromatic carbocycles. The molecule has 3 aromatic rings. The van der Waals surface area contributed by atoms with E-state index < -0.39 is 0 Å². The smallest absolute Gasteiger partial charge is 0.170 e. The molecule has 2 nitrogen and oxygen atoms in total. The zero-order chi connectivity index (χ0) is 8.67. The lowest BCUT2D eigenvalue weighted by molar-refractivity contribution is 0.606. The first-order valence-electron chi connectivity index (χ1n) is 4.08. The predicted octanol–water partition coefficient (Wildman–Crippen LogP) is 2.78. The molecule has 0 N–H and O–H groups in total. The van der Waals surface area contributed by atoms with Crippen LogP contribution in [0.2, 0.25) is 0 Å². The van der Waals surface area contributed by atoms with Crippen molar-refractivity contribution in [2.24, 2.45) is 0 Å². The van der Waals surface area contributed by atoms with E-state index in [9.17, 15) is 0 Å². The molecule has 0 aliphatic heterocycles. The summed E-state index contributed by atoms with van der Waals surface area (Å²) in [6.07, 6.45) is 4.50. The standard InChI is InChI=1S/C11H6NO/c1-2-8-7-11-9(3-5-13-11)6-10(8)12-4-1/h1-4,6-7H. The van der Waals surface area contributed by atoms with Gasteiger partial charge in [-0.05, 0) is 24.3 Å². The Kier molecular flexibility index (Phi) is 1.19. The lowest BCUT2D eigenvalue weighted by Gasteiger charge is -1.94. The largest absolute Gasteiger partial charge is 0.453 e. The third-order valence-electron chi connectivity index (χ3n) is 2.12. The third kappa shape index (κ3) is 0.920. The van der Waals surface area contributed by atoms with Crippen molar-refractivity contribution >= 4 is 21.9 Å². The molecule has 13 heavy (non-hydrogen) atoms. The first-order valence-corrected chi connectivity index (χ1v) is 4.08. The highest BCUT2D eigenvalue weighted by Gasteiger charge is 1.99. The summed E-state index contributed by atoms with van der Waals surface area (Å²) in [4.78, 5) is 4.26. The maximum Gasteiger partial charge on any atom is 0.170 e. The van der Waals surface area contributed by atoms with Crippen molar-refractivity contribution in [2.75, 3.05) is 0 Å². The van der Waals surface area contributed by atoms with Crippen LogP contribution < -0.4 is 0 Å². The van der Waals surface area contributed by atoms with E-state index in [0.29, 0.717) is 0 Å². The zero-order valence-electron chi connectivity index (χ0n) is 6.82. The minimum absolute atomic E-state index is 0.862. The molecule has 2 heterocycles. The fraction of sp³-hybridized carbons (Fsp3) is 0. The number of hydrogen-bond acceptors (Lipinski definition) is 2. The summed E-state index contributed by atoms with van der Waals surface area (Å²) in [7, 11) is 0. The molecule has 0 saturated carbocycles. The van der Waals surface area contributed by atoms with E-state index in [1.165, 1.54) is 0 Å². The maximum atomic E-state index is 5.17. The van der Waals surface area contributed by atoms with Crippen molar-refractivity contribution in [3.05, 3.63) is 42.8 Å². The summed E-state index contributed by atoms with van der Waals surface area (Å²) in [5, 5.41) is 2.14. The molecular weight excluding hydrogens is 162 g/mol. The van der Waals surface area contributed by atoms with Gasteiger partial charge < -0.3 is 4.42 Å². The van der Waals surface area contributed by atoms with Gasteiger partial charge in [-0.1, -0.05) is 6.07 Å². The van der Waals surface area contributed by atoms with Crippen LogP contribution in [0.5, 0.6) is 0 Å². The molecule has 2 aromatic heterocycles. The third-order valence-corrected chi connectivity index (χ3v) is 2.12. The first kappa shape index (κ1) is 6.66. The van der Waals surface area contributed by atoms with Gasteiger partial charge in [-0.25, -0.2) is 0 Å². The fourth-order valence-corrected chi connectivity index (χ4v) is 1.47. The predicted molar refractivity (Wildman–Crippen MR) is 50.4 cm³/mol. The van der Waals surface area contributed by atoms with Crippen molar-refractivity contribution < 1.29 is 4.42 Å². The van der Waals surface area contributed by atoms with Gasteiger partial charge in [0.05, 0.1) is 5.52 Å². The number of benzene rings is 1. The van der Waals surface area contributed by atoms with Crippen LogP contribution in [0.3, 0.4) is 0 Å². The molecule has 61 valence electrons. The highest BCUT2D eigenvalue weighted by Crippen LogP contribution is 2.21. The van der Waals surface area contributed by atoms with Gasteiger partial charge >= 0.3 is 0 Å². The second-order valence-electron chi connectivity index (χ2n) is 2.95. The van der Waals surface area contributed by atoms with Crippen LogP contribution in [0.15, 0.2) is 40.9 Å². The highest BCUT2D eigenvalue weighted by atomic mass is 16.3. The molecule has 0 atom stereocenters. The van der Waals surface area contributed by atoms with E-state index in [0.717, 1.165) is 21.9 Å². The monoisotopic (exact) mass is 168 g/mol. The number of fused-ring (bicyclic) bond motifs is 2. The molecule has 0 saturated heterocycles. The van der Waals surface area contributed by atoms with Crippen molar-refractivity contribution in [3.63, 3.8) is 0 Å². The molecule has 0 unspecified atom stereocenters. The molecule has 0 spiro atoms. The normalized spacial score (nSPS) is 11.1. The summed E-state index contributed by atoms with van der Waals surface area (Å²) in [6.45, 7) is 0. The Morgan fingerprint density at radius 1 is 1.23 bits per heavy atom. The van der Waals surface area contributed by atoms with E-state index in [-0.39, 0.29) is 0 Å². The van der Waals surface area contributed by atoms with Crippen LogP contribution in [0, 0.1) is 6.26 Å². The van der Waals surface area contributed by atoms with Crippen LogP contribution in [0.1, 0.15) is 0 Å². The number of rotatable bonds is 0. The fourth-order valence-electron chi connectivity index (χ4n) is 1.47. The SMILES string of the molecule is [c]1cc2cc3ncccc3cc2o1. The van der Waals surface area contributed by atoms with E-state index in [1.54, 1.807) is 6.20 Å². The van der Waals surface area contributed by atoms with Gasteiger partial charge in [0.2, 0.25) is 0 Å². The maximum absolute atomic E-state index is 5.17. The molecular formula is C11H6NO. The Labute approximate surface area is 74.8 Å². The van der Waals surface area contributed by atoms with Crippen LogP contribution in [0.25, 0.3) is 21.9 Å². The van der Waals surface area contributed by atoms with Gasteiger partial charge in [0.15, 0.2) is 6.26 Å². The average Bonchev–Trinajstić information content (AvgIpc) is 2.61. The van der Waals surface area contributed by atoms with Gasteiger partial charge in [-0.3, -0.25) is 4.98 Å². The minimum Gasteiger partial charge on any atom is -0.453 e. The molecule has 3 rings (SSSR count). The van der Waals surface area contributed by atoms with Crippen LogP contribution >= 0.6 is 0 Å². The number of nitrogens with zero attached hydrogens (tertiary/aromatic N) is 1. The lowest BCUT2D eigenvalue weighted by atomic mass is 10.2. The number of pyridine rings is 1. The summed E-state index contributed by atoms with van der Waals surface area (Å²) in [6, 6.07) is 9.74. The quantitative estimate of drug-likeness (QED) is 0.515. The molecule has 0 aliphatic rings. The first-order chi connectivity index (χ1) is 6.43. The van der Waals surface area contributed by atoms with Crippen molar-refractivity contribution in [2.45, 2.75) is 0 Å². The van der Waals surface area contributed by atoms with E-state index in [2.05, 4.69) is 11.2 Å². The molecule has 0 aliphatic carbocycles. The van der Waals surface area contributed by atoms with Crippen LogP contribution in [-0.4, -0.2) is 4.98 Å². The average molecular weight is 168 g/mol. The lowest BCUT2D eigenvalue weighted by Crippen LogP contribution is -1.75. The Morgan fingerprint density at radius 3 is 3.23 bits per heavy atom. The molecule has 0 amide bonds. The van der Waals surface area contributed by atoms with E-state index in [1.807, 2.05) is 30.3 Å². The number of furan rings is 1. The van der Waals surface area contributed by atoms with Crippen LogP contribution in [0.4, 0.5) is 0 Å². The Hall–Kier alpha value is -1.83. The topological polar surface area (TPSA) is 26.0 Å². The molecule has 2 heteroatoms. The molecule has 0 fully saturated rings. The Balaban J connectivity index is 2.57. The summed E-state index contributed by atoms with van der Waals surface area (Å²) < 4.78 is 5.17. The van der Waals surface area contributed by atoms with Gasteiger partial charge in [0.1, 0.15) is 5.58 Å². The van der Waals surface area contributed by atoms with Gasteiger partial charge in [0.25, 0.3) is 0 Å². The van der Waals surface area contributed by atoms with E-state index >= 15 is 0 Å². The number of aromatic nitrogens is 1. The molecule has 1 radical (unpaired) electrons. The van der Waals surface area contributed by atoms with E-state index in [4.69, 9.17) is 4.42 Å². The summed E-state index contributed by atoms with van der Waals surface area (Å²) in [5.41, 5.74) is 1.85. The zero-order valence-corrected chi connectivity index (χ0v) is 6.82. The summed E-state index contributed by atoms with van der Waals surface area (Å²) >= 11 is 0. The number of hydrogen-bond donors (Lipinski definition) is 0. The summed E-state index contributed by atoms with van der Waals surface area (Å²) in [5.74, 6) is 0. The molecule has 0 bridgehead atoms. The van der Waals surface area contributed by atoms with Crippen molar-refractivity contribution in [1.29, 1.82) is 0 Å². The Morgan fingerprint density at radius 2 is 2.23 bits per heavy atom. The van der Waals surface area contributed by atoms with Gasteiger partial charge in [-0.2, -0.15) is 0 Å². The van der Waals surface area contributed by atoms with Crippen molar-refractivity contribution in [3.8, 4) is 0 Å². The van der Waals surface area contributed by atoms with Crippen LogP contribution in [-0.2, 0) is 0 Å².